The quantitative estimate of drug-likeness (QED) is 0.860. The van der Waals surface area contributed by atoms with Crippen molar-refractivity contribution in [2.45, 2.75) is 25.8 Å². The van der Waals surface area contributed by atoms with Crippen molar-refractivity contribution in [2.24, 2.45) is 5.73 Å². The average Bonchev–Trinajstić information content (AvgIpc) is 2.35. The number of nitrogens with zero attached hydrogens (tertiary/aromatic N) is 1. The smallest absolute Gasteiger partial charge is 0.242 e. The van der Waals surface area contributed by atoms with Crippen LogP contribution in [0, 0.1) is 23.0 Å². The molecule has 0 bridgehead atoms. The van der Waals surface area contributed by atoms with Crippen LogP contribution in [0.3, 0.4) is 0 Å². The predicted molar refractivity (Wildman–Crippen MR) is 62.6 cm³/mol. The van der Waals surface area contributed by atoms with Crippen LogP contribution >= 0.6 is 0 Å². The van der Waals surface area contributed by atoms with Gasteiger partial charge in [0.2, 0.25) is 5.91 Å². The Labute approximate surface area is 103 Å². The number of hydrogen-bond donors (Lipinski definition) is 2. The predicted octanol–water partition coefficient (Wildman–Crippen LogP) is 1.90. The molecule has 0 aliphatic carbocycles. The largest absolute Gasteiger partial charge is 0.369 e. The Bertz CT molecular complexity index is 525. The molecule has 4 nitrogen and oxygen atoms in total. The number of benzene rings is 1. The highest BCUT2D eigenvalue weighted by Crippen LogP contribution is 2.24. The minimum Gasteiger partial charge on any atom is -0.369 e. The molecule has 0 heterocycles. The highest BCUT2D eigenvalue weighted by atomic mass is 19.2. The van der Waals surface area contributed by atoms with E-state index in [0.29, 0.717) is 6.42 Å². The summed E-state index contributed by atoms with van der Waals surface area (Å²) in [6, 6.07) is 3.87. The summed E-state index contributed by atoms with van der Waals surface area (Å²) >= 11 is 0. The fourth-order valence-corrected chi connectivity index (χ4v) is 1.35. The van der Waals surface area contributed by atoms with Crippen LogP contribution in [0.5, 0.6) is 0 Å². The van der Waals surface area contributed by atoms with Gasteiger partial charge in [0.1, 0.15) is 11.6 Å². The lowest BCUT2D eigenvalue weighted by molar-refractivity contribution is -0.121. The standard InChI is InChI=1S/C12H13F2N3O/c1-3-12(2,11(16)18)17-8-5-4-7(6-15)9(13)10(8)14/h4-5,17H,3H2,1-2H3,(H2,16,18). The van der Waals surface area contributed by atoms with E-state index in [4.69, 9.17) is 11.0 Å². The molecule has 1 rings (SSSR count). The molecular formula is C12H13F2N3O. The summed E-state index contributed by atoms with van der Waals surface area (Å²) in [5, 5.41) is 11.1. The third-order valence-corrected chi connectivity index (χ3v) is 2.86. The number of nitrogens with one attached hydrogen (secondary N) is 1. The van der Waals surface area contributed by atoms with Crippen molar-refractivity contribution in [3.63, 3.8) is 0 Å². The Morgan fingerprint density at radius 2 is 2.11 bits per heavy atom. The lowest BCUT2D eigenvalue weighted by atomic mass is 9.97. The van der Waals surface area contributed by atoms with Gasteiger partial charge in [-0.25, -0.2) is 8.78 Å². The minimum absolute atomic E-state index is 0.199. The minimum atomic E-state index is -1.24. The van der Waals surface area contributed by atoms with Gasteiger partial charge in [0.05, 0.1) is 11.3 Å². The summed E-state index contributed by atoms with van der Waals surface area (Å²) in [4.78, 5) is 11.3. The number of nitriles is 1. The van der Waals surface area contributed by atoms with Crippen LogP contribution in [0.4, 0.5) is 14.5 Å². The first-order chi connectivity index (χ1) is 8.35. The van der Waals surface area contributed by atoms with E-state index in [1.54, 1.807) is 6.92 Å². The number of carbonyl (C=O) groups is 1. The second-order valence-corrected chi connectivity index (χ2v) is 4.08. The van der Waals surface area contributed by atoms with Crippen LogP contribution < -0.4 is 11.1 Å². The van der Waals surface area contributed by atoms with Gasteiger partial charge < -0.3 is 11.1 Å². The second kappa shape index (κ2) is 5.00. The fourth-order valence-electron chi connectivity index (χ4n) is 1.35. The molecule has 96 valence electrons. The number of halogens is 2. The van der Waals surface area contributed by atoms with Crippen LogP contribution in [-0.2, 0) is 4.79 Å². The van der Waals surface area contributed by atoms with Gasteiger partial charge in [0.15, 0.2) is 11.6 Å². The lowest BCUT2D eigenvalue weighted by Gasteiger charge is -2.27. The molecule has 1 unspecified atom stereocenters. The lowest BCUT2D eigenvalue weighted by Crippen LogP contribution is -2.47. The molecule has 0 radical (unpaired) electrons. The molecule has 0 fully saturated rings. The first-order valence-electron chi connectivity index (χ1n) is 5.32. The van der Waals surface area contributed by atoms with E-state index in [0.717, 1.165) is 6.07 Å². The van der Waals surface area contributed by atoms with Crippen molar-refractivity contribution in [3.8, 4) is 6.07 Å². The molecule has 0 saturated carbocycles. The zero-order chi connectivity index (χ0) is 13.9. The van der Waals surface area contributed by atoms with Gasteiger partial charge in [-0.1, -0.05) is 6.92 Å². The summed E-state index contributed by atoms with van der Waals surface area (Å²) in [5.41, 5.74) is 3.43. The molecule has 18 heavy (non-hydrogen) atoms. The average molecular weight is 253 g/mol. The van der Waals surface area contributed by atoms with E-state index in [2.05, 4.69) is 5.32 Å². The van der Waals surface area contributed by atoms with Gasteiger partial charge in [-0.3, -0.25) is 4.79 Å². The first kappa shape index (κ1) is 13.9. The molecule has 0 saturated heterocycles. The monoisotopic (exact) mass is 253 g/mol. The van der Waals surface area contributed by atoms with Crippen molar-refractivity contribution in [2.75, 3.05) is 5.32 Å². The van der Waals surface area contributed by atoms with Crippen LogP contribution in [-0.4, -0.2) is 11.4 Å². The molecule has 1 amide bonds. The maximum absolute atomic E-state index is 13.6. The Hall–Kier alpha value is -2.16. The molecule has 0 aliphatic rings. The first-order valence-corrected chi connectivity index (χ1v) is 5.32. The highest BCUT2D eigenvalue weighted by Gasteiger charge is 2.30. The second-order valence-electron chi connectivity index (χ2n) is 4.08. The van der Waals surface area contributed by atoms with Crippen molar-refractivity contribution >= 4 is 11.6 Å². The van der Waals surface area contributed by atoms with E-state index in [-0.39, 0.29) is 5.69 Å². The van der Waals surface area contributed by atoms with Crippen LogP contribution in [0.2, 0.25) is 0 Å². The van der Waals surface area contributed by atoms with Gasteiger partial charge in [0, 0.05) is 0 Å². The van der Waals surface area contributed by atoms with E-state index >= 15 is 0 Å². The molecule has 1 atom stereocenters. The van der Waals surface area contributed by atoms with Gasteiger partial charge in [-0.05, 0) is 25.5 Å². The van der Waals surface area contributed by atoms with Crippen LogP contribution in [0.15, 0.2) is 12.1 Å². The zero-order valence-corrected chi connectivity index (χ0v) is 10.1. The van der Waals surface area contributed by atoms with Crippen molar-refractivity contribution < 1.29 is 13.6 Å². The Kier molecular flexibility index (Phi) is 3.86. The Balaban J connectivity index is 3.18. The molecule has 0 aromatic heterocycles. The molecule has 0 aliphatic heterocycles. The number of nitrogens with two attached hydrogens (primary N) is 1. The SMILES string of the molecule is CCC(C)(Nc1ccc(C#N)c(F)c1F)C(N)=O. The molecule has 3 N–H and O–H groups in total. The third kappa shape index (κ3) is 2.40. The van der Waals surface area contributed by atoms with Gasteiger partial charge in [0.25, 0.3) is 0 Å². The van der Waals surface area contributed by atoms with E-state index in [1.807, 2.05) is 0 Å². The molecular weight excluding hydrogens is 240 g/mol. The normalized spacial score (nSPS) is 13.5. The fraction of sp³-hybridized carbons (Fsp3) is 0.333. The number of anilines is 1. The van der Waals surface area contributed by atoms with E-state index < -0.39 is 28.6 Å². The molecule has 0 spiro atoms. The van der Waals surface area contributed by atoms with E-state index in [9.17, 15) is 13.6 Å². The summed E-state index contributed by atoms with van der Waals surface area (Å²) in [6.07, 6.45) is 0.309. The highest BCUT2D eigenvalue weighted by molar-refractivity contribution is 5.87. The number of rotatable bonds is 4. The maximum Gasteiger partial charge on any atom is 0.242 e. The van der Waals surface area contributed by atoms with Gasteiger partial charge in [-0.15, -0.1) is 0 Å². The van der Waals surface area contributed by atoms with E-state index in [1.165, 1.54) is 19.1 Å². The zero-order valence-electron chi connectivity index (χ0n) is 10.1. The molecule has 6 heteroatoms. The summed E-state index contributed by atoms with van der Waals surface area (Å²) < 4.78 is 27.0. The van der Waals surface area contributed by atoms with Gasteiger partial charge >= 0.3 is 0 Å². The molecule has 1 aromatic carbocycles. The number of primary amides is 1. The van der Waals surface area contributed by atoms with Crippen molar-refractivity contribution in [1.82, 2.24) is 0 Å². The topological polar surface area (TPSA) is 78.9 Å². The molecule has 1 aromatic rings. The number of hydrogen-bond acceptors (Lipinski definition) is 3. The summed E-state index contributed by atoms with van der Waals surface area (Å²) in [5.74, 6) is -3.12. The third-order valence-electron chi connectivity index (χ3n) is 2.86. The van der Waals surface area contributed by atoms with Crippen molar-refractivity contribution in [3.05, 3.63) is 29.3 Å². The van der Waals surface area contributed by atoms with Crippen LogP contribution in [0.25, 0.3) is 0 Å². The number of carbonyl (C=O) groups excluding carboxylic acids is 1. The van der Waals surface area contributed by atoms with Crippen LogP contribution in [0.1, 0.15) is 25.8 Å². The van der Waals surface area contributed by atoms with Crippen molar-refractivity contribution in [1.29, 1.82) is 5.26 Å². The number of amides is 1. The Morgan fingerprint density at radius 3 is 2.56 bits per heavy atom. The summed E-state index contributed by atoms with van der Waals surface area (Å²) in [7, 11) is 0. The Morgan fingerprint density at radius 1 is 1.50 bits per heavy atom. The maximum atomic E-state index is 13.6. The summed E-state index contributed by atoms with van der Waals surface area (Å²) in [6.45, 7) is 3.18. The van der Waals surface area contributed by atoms with Gasteiger partial charge in [-0.2, -0.15) is 5.26 Å².